The lowest BCUT2D eigenvalue weighted by molar-refractivity contribution is -0.137. The van der Waals surface area contributed by atoms with Crippen molar-refractivity contribution in [3.8, 4) is 29.5 Å². The van der Waals surface area contributed by atoms with Crippen LogP contribution in [0, 0.1) is 12.3 Å². The Bertz CT molecular complexity index is 1450. The second-order valence-electron chi connectivity index (χ2n) is 6.92. The van der Waals surface area contributed by atoms with Crippen LogP contribution in [0.2, 0.25) is 0 Å². The van der Waals surface area contributed by atoms with E-state index in [4.69, 9.17) is 11.2 Å². The molecule has 0 unspecified atom stereocenters. The van der Waals surface area contributed by atoms with Gasteiger partial charge in [0.2, 0.25) is 0 Å². The maximum Gasteiger partial charge on any atom is 0.416 e. The van der Waals surface area contributed by atoms with Crippen LogP contribution < -0.4 is 10.3 Å². The van der Waals surface area contributed by atoms with Crippen LogP contribution in [0.1, 0.15) is 11.1 Å². The molecule has 1 aromatic heterocycles. The van der Waals surface area contributed by atoms with Crippen molar-refractivity contribution >= 4 is 17.1 Å². The van der Waals surface area contributed by atoms with E-state index in [-0.39, 0.29) is 23.4 Å². The van der Waals surface area contributed by atoms with Gasteiger partial charge in [-0.2, -0.15) is 22.9 Å². The van der Waals surface area contributed by atoms with Gasteiger partial charge in [-0.1, -0.05) is 42.3 Å². The Morgan fingerprint density at radius 1 is 1.06 bits per heavy atom. The highest BCUT2D eigenvalue weighted by molar-refractivity contribution is 5.84. The smallest absolute Gasteiger partial charge is 0.416 e. The van der Waals surface area contributed by atoms with Gasteiger partial charge in [0.15, 0.2) is 5.82 Å². The van der Waals surface area contributed by atoms with Crippen LogP contribution in [0.15, 0.2) is 82.7 Å². The van der Waals surface area contributed by atoms with E-state index in [1.54, 1.807) is 48.5 Å². The molecule has 0 saturated heterocycles. The molecule has 0 aliphatic heterocycles. The molecule has 0 saturated carbocycles. The molecule has 164 valence electrons. The zero-order chi connectivity index (χ0) is 23.4. The Hall–Kier alpha value is -4.38. The van der Waals surface area contributed by atoms with Gasteiger partial charge in [-0.15, -0.1) is 6.42 Å². The molecule has 4 aromatic rings. The van der Waals surface area contributed by atoms with Crippen LogP contribution in [0.5, 0.6) is 5.75 Å². The number of halogens is 3. The maximum atomic E-state index is 13.3. The van der Waals surface area contributed by atoms with Crippen LogP contribution in [-0.2, 0) is 6.18 Å². The van der Waals surface area contributed by atoms with E-state index in [1.165, 1.54) is 18.3 Å². The Morgan fingerprint density at radius 3 is 2.61 bits per heavy atom. The van der Waals surface area contributed by atoms with Crippen LogP contribution in [0.4, 0.5) is 13.2 Å². The largest absolute Gasteiger partial charge is 0.480 e. The second kappa shape index (κ2) is 9.01. The lowest BCUT2D eigenvalue weighted by Crippen LogP contribution is -2.20. The number of ether oxygens (including phenoxy) is 1. The van der Waals surface area contributed by atoms with Crippen molar-refractivity contribution in [2.24, 2.45) is 5.10 Å². The lowest BCUT2D eigenvalue weighted by atomic mass is 10.1. The Kier molecular flexibility index (Phi) is 5.96. The first-order chi connectivity index (χ1) is 15.9. The summed E-state index contributed by atoms with van der Waals surface area (Å²) in [6.45, 7) is 0.0395. The molecular formula is C25H16F3N3O2. The summed E-state index contributed by atoms with van der Waals surface area (Å²) in [4.78, 5) is 17.6. The van der Waals surface area contributed by atoms with Crippen molar-refractivity contribution in [3.63, 3.8) is 0 Å². The molecule has 0 aliphatic rings. The first-order valence-corrected chi connectivity index (χ1v) is 9.77. The monoisotopic (exact) mass is 447 g/mol. The molecule has 5 nitrogen and oxygen atoms in total. The van der Waals surface area contributed by atoms with E-state index in [9.17, 15) is 18.0 Å². The number of rotatable bonds is 5. The average Bonchev–Trinajstić information content (AvgIpc) is 2.82. The maximum absolute atomic E-state index is 13.3. The van der Waals surface area contributed by atoms with Crippen LogP contribution >= 0.6 is 0 Å². The second-order valence-corrected chi connectivity index (χ2v) is 6.92. The molecule has 4 rings (SSSR count). The van der Waals surface area contributed by atoms with Crippen molar-refractivity contribution in [2.45, 2.75) is 6.18 Å². The van der Waals surface area contributed by atoms with Gasteiger partial charge in [0, 0.05) is 11.1 Å². The van der Waals surface area contributed by atoms with Gasteiger partial charge in [-0.25, -0.2) is 4.98 Å². The number of terminal acetylenes is 1. The van der Waals surface area contributed by atoms with Gasteiger partial charge >= 0.3 is 6.18 Å². The van der Waals surface area contributed by atoms with Crippen LogP contribution in [0.25, 0.3) is 22.3 Å². The van der Waals surface area contributed by atoms with Crippen molar-refractivity contribution in [1.82, 2.24) is 9.66 Å². The number of hydrogen-bond acceptors (Lipinski definition) is 4. The van der Waals surface area contributed by atoms with Gasteiger partial charge in [-0.3, -0.25) is 4.79 Å². The number of alkyl halides is 3. The van der Waals surface area contributed by atoms with Crippen LogP contribution in [0.3, 0.4) is 0 Å². The van der Waals surface area contributed by atoms with Gasteiger partial charge in [0.25, 0.3) is 5.56 Å². The molecule has 0 spiro atoms. The molecule has 0 aliphatic carbocycles. The summed E-state index contributed by atoms with van der Waals surface area (Å²) in [5.74, 6) is 2.79. The fourth-order valence-corrected chi connectivity index (χ4v) is 3.21. The molecule has 0 fully saturated rings. The number of aromatic nitrogens is 2. The van der Waals surface area contributed by atoms with Crippen molar-refractivity contribution in [3.05, 3.63) is 94.3 Å². The molecular weight excluding hydrogens is 431 g/mol. The molecule has 0 amide bonds. The summed E-state index contributed by atoms with van der Waals surface area (Å²) >= 11 is 0. The standard InChI is InChI=1S/C25H16F3N3O2/c1-2-14-33-22-13-6-3-8-18(22)16-29-31-23(17-9-7-10-19(15-17)25(26,27)28)30-21-12-5-4-11-20(21)24(31)32/h1,3-13,15-16H,14H2. The topological polar surface area (TPSA) is 56.5 Å². The van der Waals surface area contributed by atoms with E-state index >= 15 is 0 Å². The quantitative estimate of drug-likeness (QED) is 0.320. The molecule has 0 radical (unpaired) electrons. The third kappa shape index (κ3) is 4.62. The molecule has 0 bridgehead atoms. The van der Waals surface area contributed by atoms with Gasteiger partial charge in [0.05, 0.1) is 22.7 Å². The molecule has 1 heterocycles. The van der Waals surface area contributed by atoms with Crippen LogP contribution in [-0.4, -0.2) is 22.5 Å². The molecule has 3 aromatic carbocycles. The van der Waals surface area contributed by atoms with E-state index in [1.807, 2.05) is 0 Å². The first-order valence-electron chi connectivity index (χ1n) is 9.77. The fourth-order valence-electron chi connectivity index (χ4n) is 3.21. The van der Waals surface area contributed by atoms with Gasteiger partial charge in [-0.05, 0) is 36.4 Å². The third-order valence-corrected chi connectivity index (χ3v) is 4.74. The minimum atomic E-state index is -4.55. The molecule has 0 atom stereocenters. The fraction of sp³-hybridized carbons (Fsp3) is 0.0800. The van der Waals surface area contributed by atoms with Gasteiger partial charge < -0.3 is 4.74 Å². The molecule has 33 heavy (non-hydrogen) atoms. The Labute approximate surface area is 186 Å². The first kappa shape index (κ1) is 21.8. The number of nitrogens with zero attached hydrogens (tertiary/aromatic N) is 3. The Morgan fingerprint density at radius 2 is 1.82 bits per heavy atom. The van der Waals surface area contributed by atoms with E-state index < -0.39 is 17.3 Å². The summed E-state index contributed by atoms with van der Waals surface area (Å²) in [5.41, 5.74) is -0.402. The number of fused-ring (bicyclic) bond motifs is 1. The van der Waals surface area contributed by atoms with Crippen molar-refractivity contribution in [2.75, 3.05) is 6.61 Å². The summed E-state index contributed by atoms with van der Waals surface area (Å²) in [5, 5.41) is 4.55. The molecule has 0 N–H and O–H groups in total. The summed E-state index contributed by atoms with van der Waals surface area (Å²) in [6, 6.07) is 18.1. The highest BCUT2D eigenvalue weighted by Crippen LogP contribution is 2.32. The van der Waals surface area contributed by atoms with E-state index in [0.717, 1.165) is 16.8 Å². The van der Waals surface area contributed by atoms with E-state index in [2.05, 4.69) is 16.0 Å². The summed E-state index contributed by atoms with van der Waals surface area (Å²) in [6.07, 6.45) is 2.08. The number of para-hydroxylation sites is 2. The van der Waals surface area contributed by atoms with Gasteiger partial charge in [0.1, 0.15) is 12.4 Å². The highest BCUT2D eigenvalue weighted by Gasteiger charge is 2.30. The molecule has 8 heteroatoms. The zero-order valence-corrected chi connectivity index (χ0v) is 17.1. The summed E-state index contributed by atoms with van der Waals surface area (Å²) in [7, 11) is 0. The number of benzene rings is 3. The van der Waals surface area contributed by atoms with Crippen molar-refractivity contribution < 1.29 is 17.9 Å². The predicted octanol–water partition coefficient (Wildman–Crippen LogP) is 4.98. The SMILES string of the molecule is C#CCOc1ccccc1C=Nn1c(-c2cccc(C(F)(F)F)c2)nc2ccccc2c1=O. The number of hydrogen-bond donors (Lipinski definition) is 0. The minimum absolute atomic E-state index is 0.0249. The lowest BCUT2D eigenvalue weighted by Gasteiger charge is -2.12. The van der Waals surface area contributed by atoms with Crippen molar-refractivity contribution in [1.29, 1.82) is 0 Å². The summed E-state index contributed by atoms with van der Waals surface area (Å²) < 4.78 is 46.3. The predicted molar refractivity (Wildman–Crippen MR) is 120 cm³/mol. The third-order valence-electron chi connectivity index (χ3n) is 4.74. The highest BCUT2D eigenvalue weighted by atomic mass is 19.4. The normalized spacial score (nSPS) is 11.6. The minimum Gasteiger partial charge on any atom is -0.480 e. The average molecular weight is 447 g/mol. The zero-order valence-electron chi connectivity index (χ0n) is 17.1. The van der Waals surface area contributed by atoms with E-state index in [0.29, 0.717) is 16.8 Å². The Balaban J connectivity index is 1.90.